The molecule has 3 rings (SSSR count). The molecule has 1 atom stereocenters. The average Bonchev–Trinajstić information content (AvgIpc) is 3.04. The highest BCUT2D eigenvalue weighted by Crippen LogP contribution is 2.17. The van der Waals surface area contributed by atoms with Crippen LogP contribution in [0.15, 0.2) is 46.8 Å². The van der Waals surface area contributed by atoms with Gasteiger partial charge in [-0.05, 0) is 24.1 Å². The van der Waals surface area contributed by atoms with Crippen LogP contribution in [0.3, 0.4) is 0 Å². The second-order valence-electron chi connectivity index (χ2n) is 5.86. The summed E-state index contributed by atoms with van der Waals surface area (Å²) < 4.78 is 29.0. The molecular formula is C15H19N5O3S. The highest BCUT2D eigenvalue weighted by atomic mass is 32.2. The predicted octanol–water partition coefficient (Wildman–Crippen LogP) is 0.133. The van der Waals surface area contributed by atoms with Crippen molar-refractivity contribution in [2.24, 2.45) is 10.3 Å². The Morgan fingerprint density at radius 2 is 2.29 bits per heavy atom. The van der Waals surface area contributed by atoms with Crippen molar-refractivity contribution in [2.45, 2.75) is 13.5 Å². The lowest BCUT2D eigenvalue weighted by atomic mass is 10.1. The van der Waals surface area contributed by atoms with Gasteiger partial charge in [-0.3, -0.25) is 9.48 Å². The average molecular weight is 349 g/mol. The van der Waals surface area contributed by atoms with Crippen LogP contribution in [-0.4, -0.2) is 53.7 Å². The molecule has 0 saturated heterocycles. The van der Waals surface area contributed by atoms with Crippen molar-refractivity contribution >= 4 is 21.8 Å². The molecule has 8 nitrogen and oxygen atoms in total. The fourth-order valence-electron chi connectivity index (χ4n) is 2.55. The third-order valence-corrected chi connectivity index (χ3v) is 4.92. The number of carbonyl (C=O) groups is 1. The van der Waals surface area contributed by atoms with Gasteiger partial charge in [0.05, 0.1) is 11.3 Å². The zero-order chi connectivity index (χ0) is 17.2. The van der Waals surface area contributed by atoms with E-state index in [0.717, 1.165) is 0 Å². The van der Waals surface area contributed by atoms with Crippen molar-refractivity contribution in [1.29, 1.82) is 0 Å². The standard InChI is InChI=1S/C15H19N5O3S/c1-12(11-20-7-3-5-17-20)10-16-15(21)13-4-2-6-19-8-9-24(22,23)18-14(13)19/h2-7,12H,8-11H2,1H3,(H,16,21). The van der Waals surface area contributed by atoms with Crippen LogP contribution in [0.1, 0.15) is 6.92 Å². The van der Waals surface area contributed by atoms with Gasteiger partial charge in [-0.15, -0.1) is 4.40 Å². The number of nitrogens with one attached hydrogen (secondary N) is 1. The van der Waals surface area contributed by atoms with Crippen molar-refractivity contribution in [3.8, 4) is 0 Å². The van der Waals surface area contributed by atoms with Crippen LogP contribution in [-0.2, 0) is 21.4 Å². The quantitative estimate of drug-likeness (QED) is 0.815. The van der Waals surface area contributed by atoms with Gasteiger partial charge >= 0.3 is 0 Å². The Bertz CT molecular complexity index is 808. The summed E-state index contributed by atoms with van der Waals surface area (Å²) in [6.45, 7) is 3.46. The second kappa shape index (κ2) is 6.60. The molecule has 1 aromatic heterocycles. The van der Waals surface area contributed by atoms with Gasteiger partial charge in [0.15, 0.2) is 5.84 Å². The van der Waals surface area contributed by atoms with E-state index in [9.17, 15) is 13.2 Å². The van der Waals surface area contributed by atoms with E-state index in [1.165, 1.54) is 0 Å². The normalized spacial score (nSPS) is 20.0. The Morgan fingerprint density at radius 3 is 3.04 bits per heavy atom. The first-order valence-electron chi connectivity index (χ1n) is 7.68. The van der Waals surface area contributed by atoms with Gasteiger partial charge in [0, 0.05) is 38.2 Å². The maximum Gasteiger partial charge on any atom is 0.256 e. The topological polar surface area (TPSA) is 96.7 Å². The molecular weight excluding hydrogens is 330 g/mol. The van der Waals surface area contributed by atoms with E-state index in [2.05, 4.69) is 14.8 Å². The van der Waals surface area contributed by atoms with E-state index in [4.69, 9.17) is 0 Å². The number of aromatic nitrogens is 2. The fourth-order valence-corrected chi connectivity index (χ4v) is 3.53. The zero-order valence-electron chi connectivity index (χ0n) is 13.3. The van der Waals surface area contributed by atoms with Gasteiger partial charge in [-0.2, -0.15) is 5.10 Å². The lowest BCUT2D eigenvalue weighted by Crippen LogP contribution is -2.43. The van der Waals surface area contributed by atoms with Crippen molar-refractivity contribution in [1.82, 2.24) is 20.0 Å². The van der Waals surface area contributed by atoms with E-state index in [1.807, 2.05) is 19.2 Å². The van der Waals surface area contributed by atoms with Gasteiger partial charge < -0.3 is 10.2 Å². The Hall–Kier alpha value is -2.42. The number of fused-ring (bicyclic) bond motifs is 1. The van der Waals surface area contributed by atoms with Crippen LogP contribution >= 0.6 is 0 Å². The summed E-state index contributed by atoms with van der Waals surface area (Å²) in [6, 6.07) is 1.85. The number of rotatable bonds is 5. The molecule has 1 amide bonds. The molecule has 24 heavy (non-hydrogen) atoms. The number of amides is 1. The summed E-state index contributed by atoms with van der Waals surface area (Å²) in [6.07, 6.45) is 8.61. The van der Waals surface area contributed by atoms with E-state index in [1.54, 1.807) is 34.1 Å². The Balaban J connectivity index is 1.65. The monoisotopic (exact) mass is 349 g/mol. The summed E-state index contributed by atoms with van der Waals surface area (Å²) in [4.78, 5) is 14.1. The molecule has 0 aliphatic carbocycles. The smallest absolute Gasteiger partial charge is 0.256 e. The number of carbonyl (C=O) groups excluding carboxylic acids is 1. The molecule has 0 bridgehead atoms. The minimum absolute atomic E-state index is 0.0450. The number of amidine groups is 1. The highest BCUT2D eigenvalue weighted by Gasteiger charge is 2.29. The lowest BCUT2D eigenvalue weighted by Gasteiger charge is -2.28. The number of hydrogen-bond acceptors (Lipinski definition) is 5. The maximum atomic E-state index is 12.4. The van der Waals surface area contributed by atoms with Gasteiger partial charge in [0.25, 0.3) is 15.9 Å². The van der Waals surface area contributed by atoms with Crippen LogP contribution in [0, 0.1) is 5.92 Å². The minimum Gasteiger partial charge on any atom is -0.352 e. The van der Waals surface area contributed by atoms with Crippen molar-refractivity contribution < 1.29 is 13.2 Å². The molecule has 2 aliphatic rings. The summed E-state index contributed by atoms with van der Waals surface area (Å²) in [5.41, 5.74) is 0.270. The molecule has 0 aromatic carbocycles. The molecule has 1 N–H and O–H groups in total. The van der Waals surface area contributed by atoms with Crippen LogP contribution in [0.25, 0.3) is 0 Å². The predicted molar refractivity (Wildman–Crippen MR) is 89.6 cm³/mol. The van der Waals surface area contributed by atoms with E-state index in [0.29, 0.717) is 19.6 Å². The van der Waals surface area contributed by atoms with Crippen LogP contribution in [0.4, 0.5) is 0 Å². The van der Waals surface area contributed by atoms with E-state index in [-0.39, 0.29) is 29.0 Å². The number of allylic oxidation sites excluding steroid dienone is 2. The summed E-state index contributed by atoms with van der Waals surface area (Å²) >= 11 is 0. The highest BCUT2D eigenvalue weighted by molar-refractivity contribution is 7.90. The van der Waals surface area contributed by atoms with Crippen molar-refractivity contribution in [3.05, 3.63) is 42.4 Å². The Kier molecular flexibility index (Phi) is 4.52. The first-order chi connectivity index (χ1) is 11.4. The number of nitrogens with zero attached hydrogens (tertiary/aromatic N) is 4. The van der Waals surface area contributed by atoms with Gasteiger partial charge in [0.1, 0.15) is 0 Å². The molecule has 0 saturated carbocycles. The Labute approximate surface area is 140 Å². The maximum absolute atomic E-state index is 12.4. The van der Waals surface area contributed by atoms with E-state index < -0.39 is 10.0 Å². The first-order valence-corrected chi connectivity index (χ1v) is 9.29. The number of hydrogen-bond donors (Lipinski definition) is 1. The molecule has 9 heteroatoms. The molecule has 0 radical (unpaired) electrons. The first kappa shape index (κ1) is 16.4. The second-order valence-corrected chi connectivity index (χ2v) is 7.61. The SMILES string of the molecule is CC(CNC(=O)C1=CC=CN2CCS(=O)(=O)N=C12)Cn1cccn1. The van der Waals surface area contributed by atoms with Crippen LogP contribution < -0.4 is 5.32 Å². The van der Waals surface area contributed by atoms with Crippen LogP contribution in [0.2, 0.25) is 0 Å². The largest absolute Gasteiger partial charge is 0.352 e. The third-order valence-electron chi connectivity index (χ3n) is 3.77. The van der Waals surface area contributed by atoms with Crippen LogP contribution in [0.5, 0.6) is 0 Å². The summed E-state index contributed by atoms with van der Waals surface area (Å²) in [7, 11) is -3.51. The zero-order valence-corrected chi connectivity index (χ0v) is 14.1. The van der Waals surface area contributed by atoms with Crippen molar-refractivity contribution in [2.75, 3.05) is 18.8 Å². The molecule has 1 aromatic rings. The molecule has 128 valence electrons. The third kappa shape index (κ3) is 3.73. The molecule has 0 spiro atoms. The minimum atomic E-state index is -3.51. The molecule has 3 heterocycles. The molecule has 2 aliphatic heterocycles. The van der Waals surface area contributed by atoms with Gasteiger partial charge in [0.2, 0.25) is 0 Å². The summed E-state index contributed by atoms with van der Waals surface area (Å²) in [5.74, 6) is 0.00612. The van der Waals surface area contributed by atoms with E-state index >= 15 is 0 Å². The Morgan fingerprint density at radius 1 is 1.46 bits per heavy atom. The number of sulfonamides is 1. The fraction of sp³-hybridized carbons (Fsp3) is 0.400. The summed E-state index contributed by atoms with van der Waals surface area (Å²) in [5, 5.41) is 6.97. The molecule has 0 fully saturated rings. The van der Waals surface area contributed by atoms with Crippen molar-refractivity contribution in [3.63, 3.8) is 0 Å². The van der Waals surface area contributed by atoms with Gasteiger partial charge in [-0.25, -0.2) is 8.42 Å². The van der Waals surface area contributed by atoms with Gasteiger partial charge in [-0.1, -0.05) is 6.92 Å². The lowest BCUT2D eigenvalue weighted by molar-refractivity contribution is -0.117. The molecule has 1 unspecified atom stereocenters.